The maximum Gasteiger partial charge on any atom is 0.255 e. The number of amides is 2. The zero-order valence-electron chi connectivity index (χ0n) is 13.8. The van der Waals surface area contributed by atoms with Gasteiger partial charge in [0.25, 0.3) is 5.91 Å². The number of halogens is 3. The van der Waals surface area contributed by atoms with Crippen LogP contribution in [0.1, 0.15) is 23.2 Å². The summed E-state index contributed by atoms with van der Waals surface area (Å²) in [6.45, 7) is 3.71. The summed E-state index contributed by atoms with van der Waals surface area (Å²) < 4.78 is 13.1. The Morgan fingerprint density at radius 2 is 1.84 bits per heavy atom. The van der Waals surface area contributed by atoms with E-state index in [1.54, 1.807) is 4.90 Å². The highest BCUT2D eigenvalue weighted by atomic mass is 35.5. The van der Waals surface area contributed by atoms with Crippen LogP contribution in [0.15, 0.2) is 18.2 Å². The van der Waals surface area contributed by atoms with Gasteiger partial charge in [-0.15, -0.1) is 12.4 Å². The number of hydrogen-bond acceptors (Lipinski definition) is 3. The van der Waals surface area contributed by atoms with Gasteiger partial charge in [-0.2, -0.15) is 0 Å². The average Bonchev–Trinajstić information content (AvgIpc) is 2.61. The molecule has 1 N–H and O–H groups in total. The van der Waals surface area contributed by atoms with Crippen LogP contribution in [0.25, 0.3) is 0 Å². The molecule has 1 aromatic carbocycles. The SMILES string of the molecule is Cl.O=C(c1ccc(F)cc1Cl)N1CCN(C(=O)C2CCCNC2)CC1. The van der Waals surface area contributed by atoms with E-state index in [1.807, 2.05) is 4.90 Å². The van der Waals surface area contributed by atoms with E-state index in [0.717, 1.165) is 32.0 Å². The Morgan fingerprint density at radius 1 is 1.16 bits per heavy atom. The molecule has 0 aliphatic carbocycles. The molecule has 2 amide bonds. The fraction of sp³-hybridized carbons (Fsp3) is 0.529. The quantitative estimate of drug-likeness (QED) is 0.843. The zero-order valence-corrected chi connectivity index (χ0v) is 15.4. The van der Waals surface area contributed by atoms with Crippen LogP contribution in [0.2, 0.25) is 5.02 Å². The van der Waals surface area contributed by atoms with Gasteiger partial charge < -0.3 is 15.1 Å². The molecule has 8 heteroatoms. The van der Waals surface area contributed by atoms with E-state index in [2.05, 4.69) is 5.32 Å². The Labute approximate surface area is 157 Å². The third-order valence-corrected chi connectivity index (χ3v) is 5.00. The summed E-state index contributed by atoms with van der Waals surface area (Å²) in [6.07, 6.45) is 1.95. The predicted molar refractivity (Wildman–Crippen MR) is 96.7 cm³/mol. The molecule has 2 fully saturated rings. The molecule has 2 saturated heterocycles. The van der Waals surface area contributed by atoms with Gasteiger partial charge in [0.05, 0.1) is 16.5 Å². The van der Waals surface area contributed by atoms with Gasteiger partial charge in [0.2, 0.25) is 5.91 Å². The van der Waals surface area contributed by atoms with Crippen LogP contribution in [0.5, 0.6) is 0 Å². The topological polar surface area (TPSA) is 52.7 Å². The standard InChI is InChI=1S/C17H21ClFN3O2.ClH/c18-15-10-13(19)3-4-14(15)17(24)22-8-6-21(7-9-22)16(23)12-2-1-5-20-11-12;/h3-4,10,12,20H,1-2,5-9,11H2;1H. The molecule has 25 heavy (non-hydrogen) atoms. The normalized spacial score (nSPS) is 20.8. The molecule has 0 radical (unpaired) electrons. The van der Waals surface area contributed by atoms with Gasteiger partial charge in [0, 0.05) is 32.7 Å². The molecule has 0 saturated carbocycles. The van der Waals surface area contributed by atoms with Crippen molar-refractivity contribution in [2.45, 2.75) is 12.8 Å². The zero-order chi connectivity index (χ0) is 17.1. The van der Waals surface area contributed by atoms with Crippen LogP contribution in [0, 0.1) is 11.7 Å². The third kappa shape index (κ3) is 4.63. The monoisotopic (exact) mass is 389 g/mol. The number of piperazine rings is 1. The number of nitrogens with zero attached hydrogens (tertiary/aromatic N) is 2. The van der Waals surface area contributed by atoms with Gasteiger partial charge in [0.1, 0.15) is 5.82 Å². The minimum Gasteiger partial charge on any atom is -0.339 e. The van der Waals surface area contributed by atoms with Crippen molar-refractivity contribution in [2.75, 3.05) is 39.3 Å². The molecule has 2 aliphatic heterocycles. The second-order valence-corrected chi connectivity index (χ2v) is 6.69. The van der Waals surface area contributed by atoms with E-state index in [9.17, 15) is 14.0 Å². The molecule has 2 heterocycles. The van der Waals surface area contributed by atoms with Crippen LogP contribution in [0.4, 0.5) is 4.39 Å². The molecular formula is C17H22Cl2FN3O2. The molecule has 1 atom stereocenters. The molecule has 2 aliphatic rings. The number of hydrogen-bond donors (Lipinski definition) is 1. The van der Waals surface area contributed by atoms with Crippen molar-refractivity contribution in [1.82, 2.24) is 15.1 Å². The highest BCUT2D eigenvalue weighted by Crippen LogP contribution is 2.21. The van der Waals surface area contributed by atoms with Gasteiger partial charge >= 0.3 is 0 Å². The second-order valence-electron chi connectivity index (χ2n) is 6.28. The first-order valence-electron chi connectivity index (χ1n) is 8.30. The maximum atomic E-state index is 13.1. The molecular weight excluding hydrogens is 368 g/mol. The summed E-state index contributed by atoms with van der Waals surface area (Å²) in [4.78, 5) is 28.5. The van der Waals surface area contributed by atoms with Crippen molar-refractivity contribution < 1.29 is 14.0 Å². The molecule has 0 bridgehead atoms. The lowest BCUT2D eigenvalue weighted by Gasteiger charge is -2.37. The first-order valence-corrected chi connectivity index (χ1v) is 8.68. The fourth-order valence-electron chi connectivity index (χ4n) is 3.28. The fourth-order valence-corrected chi connectivity index (χ4v) is 3.53. The Balaban J connectivity index is 0.00000225. The summed E-state index contributed by atoms with van der Waals surface area (Å²) in [5.74, 6) is -0.457. The maximum absolute atomic E-state index is 13.1. The summed E-state index contributed by atoms with van der Waals surface area (Å²) in [5.41, 5.74) is 0.300. The molecule has 1 aromatic rings. The first kappa shape index (κ1) is 19.9. The van der Waals surface area contributed by atoms with Gasteiger partial charge in [-0.1, -0.05) is 11.6 Å². The smallest absolute Gasteiger partial charge is 0.255 e. The van der Waals surface area contributed by atoms with Crippen molar-refractivity contribution in [3.8, 4) is 0 Å². The number of piperidine rings is 1. The van der Waals surface area contributed by atoms with Crippen molar-refractivity contribution in [1.29, 1.82) is 0 Å². The van der Waals surface area contributed by atoms with Crippen LogP contribution < -0.4 is 5.32 Å². The number of carbonyl (C=O) groups excluding carboxylic acids is 2. The van der Waals surface area contributed by atoms with E-state index >= 15 is 0 Å². The lowest BCUT2D eigenvalue weighted by molar-refractivity contribution is -0.137. The van der Waals surface area contributed by atoms with Gasteiger partial charge in [-0.25, -0.2) is 4.39 Å². The Morgan fingerprint density at radius 3 is 2.44 bits per heavy atom. The predicted octanol–water partition coefficient (Wildman–Crippen LogP) is 2.18. The summed E-state index contributed by atoms with van der Waals surface area (Å²) in [5, 5.41) is 3.37. The van der Waals surface area contributed by atoms with Crippen molar-refractivity contribution in [3.63, 3.8) is 0 Å². The highest BCUT2D eigenvalue weighted by Gasteiger charge is 2.30. The van der Waals surface area contributed by atoms with E-state index in [4.69, 9.17) is 11.6 Å². The third-order valence-electron chi connectivity index (χ3n) is 4.69. The van der Waals surface area contributed by atoms with Gasteiger partial charge in [0.15, 0.2) is 0 Å². The number of nitrogens with one attached hydrogen (secondary N) is 1. The van der Waals surface area contributed by atoms with Crippen molar-refractivity contribution in [2.24, 2.45) is 5.92 Å². The molecule has 5 nitrogen and oxygen atoms in total. The van der Waals surface area contributed by atoms with Crippen LogP contribution in [0.3, 0.4) is 0 Å². The van der Waals surface area contributed by atoms with Crippen LogP contribution >= 0.6 is 24.0 Å². The summed E-state index contributed by atoms with van der Waals surface area (Å²) in [7, 11) is 0. The molecule has 0 spiro atoms. The van der Waals surface area contributed by atoms with E-state index in [1.165, 1.54) is 12.1 Å². The first-order chi connectivity index (χ1) is 11.6. The Hall–Kier alpha value is -1.37. The molecule has 1 unspecified atom stereocenters. The van der Waals surface area contributed by atoms with Crippen LogP contribution in [-0.2, 0) is 4.79 Å². The number of rotatable bonds is 2. The van der Waals surface area contributed by atoms with Crippen LogP contribution in [-0.4, -0.2) is 60.9 Å². The second kappa shape index (κ2) is 8.83. The minimum absolute atomic E-state index is 0. The van der Waals surface area contributed by atoms with E-state index in [0.29, 0.717) is 31.7 Å². The number of benzene rings is 1. The largest absolute Gasteiger partial charge is 0.339 e. The van der Waals surface area contributed by atoms with Crippen molar-refractivity contribution in [3.05, 3.63) is 34.6 Å². The Bertz CT molecular complexity index is 630. The van der Waals surface area contributed by atoms with E-state index in [-0.39, 0.29) is 35.2 Å². The Kier molecular flexibility index (Phi) is 7.04. The molecule has 138 valence electrons. The van der Waals surface area contributed by atoms with Crippen molar-refractivity contribution >= 4 is 35.8 Å². The lowest BCUT2D eigenvalue weighted by Crippen LogP contribution is -2.53. The van der Waals surface area contributed by atoms with E-state index < -0.39 is 5.82 Å². The summed E-state index contributed by atoms with van der Waals surface area (Å²) in [6, 6.07) is 3.78. The minimum atomic E-state index is -0.465. The molecule has 3 rings (SSSR count). The lowest BCUT2D eigenvalue weighted by atomic mass is 9.98. The summed E-state index contributed by atoms with van der Waals surface area (Å²) >= 11 is 5.97. The molecule has 0 aromatic heterocycles. The van der Waals surface area contributed by atoms with Gasteiger partial charge in [-0.05, 0) is 37.6 Å². The van der Waals surface area contributed by atoms with Gasteiger partial charge in [-0.3, -0.25) is 9.59 Å². The highest BCUT2D eigenvalue weighted by molar-refractivity contribution is 6.33. The average molecular weight is 390 g/mol. The number of carbonyl (C=O) groups is 2.